The predicted octanol–water partition coefficient (Wildman–Crippen LogP) is 2.92. The van der Waals surface area contributed by atoms with Crippen LogP contribution in [0.4, 0.5) is 4.39 Å². The molecule has 0 heterocycles. The zero-order valence-corrected chi connectivity index (χ0v) is 17.7. The number of fused-ring (bicyclic) bond motifs is 5. The molecular formula is C22H34FN3O3. The molecule has 0 amide bonds. The number of halogens is 1. The number of alkyl halides is 1. The molecule has 29 heavy (non-hydrogen) atoms. The van der Waals surface area contributed by atoms with Crippen molar-refractivity contribution in [3.63, 3.8) is 0 Å². The number of hydrogen-bond acceptors (Lipinski definition) is 6. The summed E-state index contributed by atoms with van der Waals surface area (Å²) in [5, 5.41) is 0. The quantitative estimate of drug-likeness (QED) is 0.464. The summed E-state index contributed by atoms with van der Waals surface area (Å²) in [5.41, 5.74) is 13.4. The highest BCUT2D eigenvalue weighted by molar-refractivity contribution is 5.87. The normalized spacial score (nSPS) is 41.4. The molecule has 0 aromatic rings. The summed E-state index contributed by atoms with van der Waals surface area (Å²) in [4.78, 5) is 23.2. The van der Waals surface area contributed by atoms with Crippen LogP contribution in [0, 0.1) is 28.6 Å². The van der Waals surface area contributed by atoms with Gasteiger partial charge >= 0.3 is 0 Å². The van der Waals surface area contributed by atoms with Gasteiger partial charge in [0.15, 0.2) is 0 Å². The number of nitrogens with one attached hydrogen (secondary N) is 2. The minimum Gasteiger partial charge on any atom is -0.328 e. The zero-order chi connectivity index (χ0) is 20.8. The number of rotatable bonds is 6. The second-order valence-corrected chi connectivity index (χ2v) is 9.63. The number of carbonyl (C=O) groups is 1. The van der Waals surface area contributed by atoms with Gasteiger partial charge in [0.2, 0.25) is 0 Å². The van der Waals surface area contributed by atoms with Crippen molar-refractivity contribution in [2.24, 2.45) is 34.3 Å². The molecule has 2 fully saturated rings. The van der Waals surface area contributed by atoms with E-state index in [1.165, 1.54) is 0 Å². The van der Waals surface area contributed by atoms with E-state index in [0.717, 1.165) is 37.0 Å². The van der Waals surface area contributed by atoms with Crippen LogP contribution < -0.4 is 16.7 Å². The lowest BCUT2D eigenvalue weighted by molar-refractivity contribution is -0.132. The highest BCUT2D eigenvalue weighted by atomic mass is 19.1. The Bertz CT molecular complexity index is 739. The van der Waals surface area contributed by atoms with Crippen LogP contribution in [0.3, 0.4) is 0 Å². The molecule has 6 atom stereocenters. The number of carbonyl (C=O) groups excluding carboxylic acids is 1. The largest absolute Gasteiger partial charge is 0.328 e. The molecule has 4 aliphatic rings. The maximum atomic E-state index is 15.2. The molecule has 0 aliphatic heterocycles. The topological polar surface area (TPSA) is 85.6 Å². The van der Waals surface area contributed by atoms with Gasteiger partial charge in [0.1, 0.15) is 12.0 Å². The third-order valence-corrected chi connectivity index (χ3v) is 8.22. The van der Waals surface area contributed by atoms with Crippen LogP contribution in [0.5, 0.6) is 0 Å². The minimum atomic E-state index is -1.12. The Kier molecular flexibility index (Phi) is 5.51. The summed E-state index contributed by atoms with van der Waals surface area (Å²) in [7, 11) is 1.61. The summed E-state index contributed by atoms with van der Waals surface area (Å²) in [5.74, 6) is 1.52. The maximum absolute atomic E-state index is 15.2. The van der Waals surface area contributed by atoms with Crippen LogP contribution in [0.2, 0.25) is 0 Å². The molecule has 0 aromatic heterocycles. The zero-order valence-electron chi connectivity index (χ0n) is 17.7. The van der Waals surface area contributed by atoms with Crippen molar-refractivity contribution in [1.29, 1.82) is 0 Å². The van der Waals surface area contributed by atoms with E-state index >= 15 is 4.39 Å². The SMILES string of the molecule is CONC1=C2C=C(NOCCN)[C@H](F)C[C@]2(C)[C@H]2CC[C@]3(C)C(=O)CC[C@H]3[C@@H]2C1. The third-order valence-electron chi connectivity index (χ3n) is 8.22. The molecule has 4 rings (SSSR count). The van der Waals surface area contributed by atoms with Crippen LogP contribution in [0.25, 0.3) is 0 Å². The molecule has 0 aromatic carbocycles. The fourth-order valence-electron chi connectivity index (χ4n) is 6.77. The lowest BCUT2D eigenvalue weighted by atomic mass is 9.48. The van der Waals surface area contributed by atoms with Gasteiger partial charge in [0.25, 0.3) is 0 Å². The molecule has 2 saturated carbocycles. The average Bonchev–Trinajstić information content (AvgIpc) is 2.98. The lowest BCUT2D eigenvalue weighted by Crippen LogP contribution is -2.52. The first-order chi connectivity index (χ1) is 13.8. The van der Waals surface area contributed by atoms with Gasteiger partial charge in [0, 0.05) is 29.5 Å². The first-order valence-corrected chi connectivity index (χ1v) is 10.8. The van der Waals surface area contributed by atoms with Crippen LogP contribution in [0.15, 0.2) is 23.0 Å². The lowest BCUT2D eigenvalue weighted by Gasteiger charge is -2.57. The molecule has 0 radical (unpaired) electrons. The smallest absolute Gasteiger partial charge is 0.143 e. The first-order valence-electron chi connectivity index (χ1n) is 10.8. The Balaban J connectivity index is 1.72. The van der Waals surface area contributed by atoms with E-state index < -0.39 is 6.17 Å². The van der Waals surface area contributed by atoms with Gasteiger partial charge in [-0.25, -0.2) is 4.39 Å². The minimum absolute atomic E-state index is 0.213. The van der Waals surface area contributed by atoms with Crippen LogP contribution >= 0.6 is 0 Å². The molecule has 7 heteroatoms. The molecule has 162 valence electrons. The second kappa shape index (κ2) is 7.67. The summed E-state index contributed by atoms with van der Waals surface area (Å²) in [6.07, 6.45) is 5.54. The number of allylic oxidation sites excluding steroid dienone is 4. The number of Topliss-reactive ketones (excluding diaryl/α,β-unsaturated/α-hetero) is 1. The summed E-state index contributed by atoms with van der Waals surface area (Å²) < 4.78 is 15.2. The van der Waals surface area contributed by atoms with E-state index in [-0.39, 0.29) is 10.8 Å². The van der Waals surface area contributed by atoms with Crippen molar-refractivity contribution in [1.82, 2.24) is 11.0 Å². The van der Waals surface area contributed by atoms with E-state index in [9.17, 15) is 4.79 Å². The van der Waals surface area contributed by atoms with Gasteiger partial charge in [-0.3, -0.25) is 25.4 Å². The summed E-state index contributed by atoms with van der Waals surface area (Å²) in [6, 6.07) is 0. The van der Waals surface area contributed by atoms with E-state index in [0.29, 0.717) is 55.2 Å². The van der Waals surface area contributed by atoms with Crippen LogP contribution in [-0.2, 0) is 14.5 Å². The van der Waals surface area contributed by atoms with Crippen LogP contribution in [0.1, 0.15) is 52.4 Å². The number of ketones is 1. The Hall–Kier alpha value is -1.44. The van der Waals surface area contributed by atoms with Crippen LogP contribution in [-0.4, -0.2) is 32.2 Å². The van der Waals surface area contributed by atoms with Gasteiger partial charge in [0.05, 0.1) is 19.4 Å². The monoisotopic (exact) mass is 407 g/mol. The molecule has 0 unspecified atom stereocenters. The van der Waals surface area contributed by atoms with E-state index in [1.807, 2.05) is 6.08 Å². The molecule has 4 N–H and O–H groups in total. The standard InChI is InChI=1S/C22H34FN3O3/c1-21-7-6-15-13(14(21)4-5-20(21)27)10-18(25-28-3)16-11-19(26-29-9-8-24)17(23)12-22(15,16)2/h11,13-15,17,25-26H,4-10,12,24H2,1-3H3/t13-,14-,15-,17+,21-,22+/m0/s1. The fraction of sp³-hybridized carbons (Fsp3) is 0.773. The van der Waals surface area contributed by atoms with Crippen molar-refractivity contribution >= 4 is 5.78 Å². The van der Waals surface area contributed by atoms with E-state index in [2.05, 4.69) is 24.8 Å². The summed E-state index contributed by atoms with van der Waals surface area (Å²) in [6.45, 7) is 5.04. The first kappa shape index (κ1) is 20.8. The van der Waals surface area contributed by atoms with Gasteiger partial charge in [-0.1, -0.05) is 13.8 Å². The molecule has 0 saturated heterocycles. The van der Waals surface area contributed by atoms with E-state index in [1.54, 1.807) is 7.11 Å². The van der Waals surface area contributed by atoms with Crippen molar-refractivity contribution in [3.8, 4) is 0 Å². The van der Waals surface area contributed by atoms with Crippen molar-refractivity contribution in [2.45, 2.75) is 58.5 Å². The van der Waals surface area contributed by atoms with Gasteiger partial charge in [-0.05, 0) is 61.5 Å². The molecular weight excluding hydrogens is 373 g/mol. The highest BCUT2D eigenvalue weighted by Crippen LogP contribution is 2.64. The van der Waals surface area contributed by atoms with Crippen molar-refractivity contribution < 1.29 is 18.9 Å². The van der Waals surface area contributed by atoms with Crippen molar-refractivity contribution in [2.75, 3.05) is 20.3 Å². The van der Waals surface area contributed by atoms with Gasteiger partial charge in [-0.2, -0.15) is 0 Å². The number of hydroxylamine groups is 2. The number of nitrogens with two attached hydrogens (primary N) is 1. The van der Waals surface area contributed by atoms with Gasteiger partial charge in [-0.15, -0.1) is 0 Å². The molecule has 0 spiro atoms. The Morgan fingerprint density at radius 1 is 1.24 bits per heavy atom. The molecule has 6 nitrogen and oxygen atoms in total. The second-order valence-electron chi connectivity index (χ2n) is 9.63. The Morgan fingerprint density at radius 2 is 2.00 bits per heavy atom. The summed E-state index contributed by atoms with van der Waals surface area (Å²) >= 11 is 0. The Morgan fingerprint density at radius 3 is 2.72 bits per heavy atom. The predicted molar refractivity (Wildman–Crippen MR) is 108 cm³/mol. The maximum Gasteiger partial charge on any atom is 0.143 e. The van der Waals surface area contributed by atoms with E-state index in [4.69, 9.17) is 15.4 Å². The van der Waals surface area contributed by atoms with Crippen molar-refractivity contribution in [3.05, 3.63) is 23.0 Å². The fourth-order valence-corrected chi connectivity index (χ4v) is 6.77. The molecule has 0 bridgehead atoms. The Labute approximate surface area is 172 Å². The average molecular weight is 408 g/mol. The highest BCUT2D eigenvalue weighted by Gasteiger charge is 2.60. The number of hydrogen-bond donors (Lipinski definition) is 3. The molecule has 4 aliphatic carbocycles. The third kappa shape index (κ3) is 3.22. The van der Waals surface area contributed by atoms with Gasteiger partial charge < -0.3 is 5.73 Å².